The number of rotatable bonds is 2. The average molecular weight is 289 g/mol. The Morgan fingerprint density at radius 3 is 2.68 bits per heavy atom. The van der Waals surface area contributed by atoms with Gasteiger partial charge < -0.3 is 20.7 Å². The zero-order valence-electron chi connectivity index (χ0n) is 9.82. The standard InChI is InChI=1S/C10H10ClNO3.CH3NO2/c11-7-2-1-3-8(4-7)12-5-9(6-13)15-10(12)14;2-1(3)4/h1-4,9,13H,5-6H2;2H2,(H,3,4). The molecule has 0 spiro atoms. The maximum absolute atomic E-state index is 11.4. The summed E-state index contributed by atoms with van der Waals surface area (Å²) in [6, 6.07) is 6.95. The first kappa shape index (κ1) is 15.1. The van der Waals surface area contributed by atoms with Crippen LogP contribution >= 0.6 is 11.6 Å². The molecule has 0 bridgehead atoms. The van der Waals surface area contributed by atoms with Crippen LogP contribution in [0.3, 0.4) is 0 Å². The number of nitrogens with two attached hydrogens (primary N) is 1. The second kappa shape index (κ2) is 6.81. The lowest BCUT2D eigenvalue weighted by Crippen LogP contribution is -2.25. The summed E-state index contributed by atoms with van der Waals surface area (Å²) in [5.74, 6) is 0. The van der Waals surface area contributed by atoms with E-state index in [0.717, 1.165) is 0 Å². The van der Waals surface area contributed by atoms with Crippen molar-refractivity contribution in [3.63, 3.8) is 0 Å². The molecular weight excluding hydrogens is 276 g/mol. The van der Waals surface area contributed by atoms with E-state index in [-0.39, 0.29) is 6.61 Å². The van der Waals surface area contributed by atoms with E-state index in [9.17, 15) is 4.79 Å². The number of hydrogen-bond donors (Lipinski definition) is 3. The molecule has 0 saturated carbocycles. The van der Waals surface area contributed by atoms with Crippen molar-refractivity contribution in [2.45, 2.75) is 6.10 Å². The van der Waals surface area contributed by atoms with Crippen LogP contribution in [0.2, 0.25) is 5.02 Å². The smallest absolute Gasteiger partial charge is 0.414 e. The molecule has 1 aliphatic heterocycles. The van der Waals surface area contributed by atoms with Gasteiger partial charge in [-0.05, 0) is 18.2 Å². The minimum atomic E-state index is -1.33. The van der Waals surface area contributed by atoms with Crippen molar-refractivity contribution < 1.29 is 24.5 Å². The number of amides is 2. The third kappa shape index (κ3) is 4.65. The quantitative estimate of drug-likeness (QED) is 0.758. The molecule has 1 saturated heterocycles. The number of anilines is 1. The van der Waals surface area contributed by atoms with Crippen LogP contribution in [0.5, 0.6) is 0 Å². The molecule has 0 radical (unpaired) electrons. The van der Waals surface area contributed by atoms with Gasteiger partial charge in [-0.3, -0.25) is 4.90 Å². The highest BCUT2D eigenvalue weighted by atomic mass is 35.5. The molecule has 1 atom stereocenters. The van der Waals surface area contributed by atoms with E-state index >= 15 is 0 Å². The molecule has 4 N–H and O–H groups in total. The number of ether oxygens (including phenoxy) is 1. The lowest BCUT2D eigenvalue weighted by atomic mass is 10.3. The van der Waals surface area contributed by atoms with E-state index < -0.39 is 18.3 Å². The number of halogens is 1. The minimum Gasteiger partial charge on any atom is -0.465 e. The average Bonchev–Trinajstić information content (AvgIpc) is 2.70. The fourth-order valence-electron chi connectivity index (χ4n) is 1.47. The third-order valence-electron chi connectivity index (χ3n) is 2.20. The fourth-order valence-corrected chi connectivity index (χ4v) is 1.66. The fraction of sp³-hybridized carbons (Fsp3) is 0.273. The zero-order chi connectivity index (χ0) is 14.4. The number of carbonyl (C=O) groups is 2. The normalized spacial score (nSPS) is 17.5. The molecule has 1 aliphatic rings. The Morgan fingerprint density at radius 2 is 2.21 bits per heavy atom. The molecule has 2 rings (SSSR count). The summed E-state index contributed by atoms with van der Waals surface area (Å²) < 4.78 is 4.91. The van der Waals surface area contributed by atoms with E-state index in [1.165, 1.54) is 4.90 Å². The highest BCUT2D eigenvalue weighted by Gasteiger charge is 2.31. The summed E-state index contributed by atoms with van der Waals surface area (Å²) in [5.41, 5.74) is 4.71. The van der Waals surface area contributed by atoms with Gasteiger partial charge in [-0.1, -0.05) is 17.7 Å². The molecule has 1 unspecified atom stereocenters. The molecule has 2 amide bonds. The van der Waals surface area contributed by atoms with Crippen molar-refractivity contribution >= 4 is 29.5 Å². The van der Waals surface area contributed by atoms with Gasteiger partial charge in [0.1, 0.15) is 6.10 Å². The Bertz CT molecular complexity index is 464. The Morgan fingerprint density at radius 1 is 1.58 bits per heavy atom. The molecule has 7 nitrogen and oxygen atoms in total. The highest BCUT2D eigenvalue weighted by molar-refractivity contribution is 6.30. The number of cyclic esters (lactones) is 1. The van der Waals surface area contributed by atoms with Gasteiger partial charge in [-0.25, -0.2) is 9.59 Å². The van der Waals surface area contributed by atoms with Crippen LogP contribution in [0, 0.1) is 0 Å². The Labute approximate surface area is 114 Å². The number of benzene rings is 1. The molecule has 104 valence electrons. The molecule has 0 aromatic heterocycles. The number of carboxylic acid groups (broad SMARTS) is 1. The van der Waals surface area contributed by atoms with Gasteiger partial charge in [0, 0.05) is 10.7 Å². The van der Waals surface area contributed by atoms with E-state index in [1.54, 1.807) is 24.3 Å². The molecule has 0 aliphatic carbocycles. The number of primary amides is 1. The molecular formula is C11H13ClN2O5. The van der Waals surface area contributed by atoms with E-state index in [4.69, 9.17) is 31.3 Å². The van der Waals surface area contributed by atoms with Crippen LogP contribution in [-0.2, 0) is 4.74 Å². The van der Waals surface area contributed by atoms with Crippen LogP contribution in [0.25, 0.3) is 0 Å². The van der Waals surface area contributed by atoms with Crippen molar-refractivity contribution in [1.82, 2.24) is 0 Å². The number of nitrogens with zero attached hydrogens (tertiary/aromatic N) is 1. The van der Waals surface area contributed by atoms with Gasteiger partial charge in [0.05, 0.1) is 13.2 Å². The lowest BCUT2D eigenvalue weighted by Gasteiger charge is -2.12. The maximum atomic E-state index is 11.4. The predicted octanol–water partition coefficient (Wildman–Crippen LogP) is 1.28. The number of aliphatic hydroxyl groups excluding tert-OH is 1. The second-order valence-corrected chi connectivity index (χ2v) is 4.05. The Kier molecular flexibility index (Phi) is 5.40. The van der Waals surface area contributed by atoms with Gasteiger partial charge in [-0.15, -0.1) is 0 Å². The van der Waals surface area contributed by atoms with Crippen LogP contribution < -0.4 is 10.6 Å². The molecule has 1 aromatic rings. The number of hydrogen-bond acceptors (Lipinski definition) is 4. The van der Waals surface area contributed by atoms with Gasteiger partial charge in [0.25, 0.3) is 0 Å². The molecule has 1 heterocycles. The lowest BCUT2D eigenvalue weighted by molar-refractivity contribution is 0.0963. The predicted molar refractivity (Wildman–Crippen MR) is 68.4 cm³/mol. The first-order valence-electron chi connectivity index (χ1n) is 5.27. The largest absolute Gasteiger partial charge is 0.465 e. The third-order valence-corrected chi connectivity index (χ3v) is 2.43. The molecule has 19 heavy (non-hydrogen) atoms. The summed E-state index contributed by atoms with van der Waals surface area (Å²) in [7, 11) is 0. The summed E-state index contributed by atoms with van der Waals surface area (Å²) in [6.45, 7) is 0.193. The van der Waals surface area contributed by atoms with Gasteiger partial charge in [-0.2, -0.15) is 0 Å². The zero-order valence-corrected chi connectivity index (χ0v) is 10.6. The number of carbonyl (C=O) groups excluding carboxylic acids is 1. The first-order chi connectivity index (χ1) is 8.93. The molecule has 8 heteroatoms. The van der Waals surface area contributed by atoms with Crippen LogP contribution in [-0.4, -0.2) is 41.7 Å². The van der Waals surface area contributed by atoms with Crippen molar-refractivity contribution in [2.24, 2.45) is 5.73 Å². The minimum absolute atomic E-state index is 0.164. The summed E-state index contributed by atoms with van der Waals surface area (Å²) in [4.78, 5) is 21.6. The van der Waals surface area contributed by atoms with E-state index in [0.29, 0.717) is 17.3 Å². The Balaban J connectivity index is 0.000000399. The van der Waals surface area contributed by atoms with E-state index in [2.05, 4.69) is 5.73 Å². The van der Waals surface area contributed by atoms with Crippen LogP contribution in [0.15, 0.2) is 24.3 Å². The van der Waals surface area contributed by atoms with Gasteiger partial charge in [0.15, 0.2) is 0 Å². The second-order valence-electron chi connectivity index (χ2n) is 3.62. The monoisotopic (exact) mass is 288 g/mol. The summed E-state index contributed by atoms with van der Waals surface area (Å²) >= 11 is 5.81. The van der Waals surface area contributed by atoms with Crippen LogP contribution in [0.4, 0.5) is 15.3 Å². The molecule has 1 aromatic carbocycles. The Hall–Kier alpha value is -1.99. The first-order valence-corrected chi connectivity index (χ1v) is 5.64. The summed E-state index contributed by atoms with van der Waals surface area (Å²) in [5, 5.41) is 16.6. The SMILES string of the molecule is NC(=O)O.O=C1OC(CO)CN1c1cccc(Cl)c1. The summed E-state index contributed by atoms with van der Waals surface area (Å²) in [6.07, 6.45) is -2.23. The highest BCUT2D eigenvalue weighted by Crippen LogP contribution is 2.24. The van der Waals surface area contributed by atoms with Crippen molar-refractivity contribution in [2.75, 3.05) is 18.1 Å². The topological polar surface area (TPSA) is 113 Å². The maximum Gasteiger partial charge on any atom is 0.414 e. The van der Waals surface area contributed by atoms with E-state index in [1.807, 2.05) is 0 Å². The van der Waals surface area contributed by atoms with Crippen molar-refractivity contribution in [1.29, 1.82) is 0 Å². The number of aliphatic hydroxyl groups is 1. The van der Waals surface area contributed by atoms with Gasteiger partial charge >= 0.3 is 12.2 Å². The van der Waals surface area contributed by atoms with Crippen LogP contribution in [0.1, 0.15) is 0 Å². The molecule has 1 fully saturated rings. The van der Waals surface area contributed by atoms with Gasteiger partial charge in [0.2, 0.25) is 0 Å². The van der Waals surface area contributed by atoms with Crippen molar-refractivity contribution in [3.05, 3.63) is 29.3 Å². The van der Waals surface area contributed by atoms with Crippen molar-refractivity contribution in [3.8, 4) is 0 Å².